The predicted molar refractivity (Wildman–Crippen MR) is 77.3 cm³/mol. The maximum Gasteiger partial charge on any atom is 0.287 e. The Morgan fingerprint density at radius 3 is 2.89 bits per heavy atom. The van der Waals surface area contributed by atoms with Crippen LogP contribution in [0.1, 0.15) is 29.5 Å². The van der Waals surface area contributed by atoms with Crippen LogP contribution in [0.4, 0.5) is 0 Å². The largest absolute Gasteiger partial charge is 0.451 e. The second kappa shape index (κ2) is 5.75. The van der Waals surface area contributed by atoms with Crippen molar-refractivity contribution in [2.45, 2.75) is 26.3 Å². The highest BCUT2D eigenvalue weighted by Crippen LogP contribution is 2.28. The third-order valence-corrected chi connectivity index (χ3v) is 3.65. The summed E-state index contributed by atoms with van der Waals surface area (Å²) in [5, 5.41) is 12.8. The van der Waals surface area contributed by atoms with Crippen LogP contribution in [0.3, 0.4) is 0 Å². The SMILES string of the molecule is CC[C@@H](CO)NC(=O)c1oc2ccc(Br)cc2c1C. The van der Waals surface area contributed by atoms with E-state index in [4.69, 9.17) is 9.52 Å². The van der Waals surface area contributed by atoms with E-state index in [9.17, 15) is 4.79 Å². The third kappa shape index (κ3) is 2.82. The molecule has 2 N–H and O–H groups in total. The third-order valence-electron chi connectivity index (χ3n) is 3.15. The quantitative estimate of drug-likeness (QED) is 0.908. The van der Waals surface area contributed by atoms with Crippen LogP contribution in [0.2, 0.25) is 0 Å². The van der Waals surface area contributed by atoms with Crippen LogP contribution >= 0.6 is 15.9 Å². The first-order chi connectivity index (χ1) is 9.06. The Balaban J connectivity index is 2.35. The molecule has 0 unspecified atom stereocenters. The van der Waals surface area contributed by atoms with Gasteiger partial charge in [-0.3, -0.25) is 4.79 Å². The standard InChI is InChI=1S/C14H16BrNO3/c1-3-10(7-17)16-14(18)13-8(2)11-6-9(15)4-5-12(11)19-13/h4-6,10,17H,3,7H2,1-2H3,(H,16,18)/t10-/m0/s1. The molecule has 0 spiro atoms. The molecule has 1 aromatic carbocycles. The van der Waals surface area contributed by atoms with E-state index in [0.29, 0.717) is 17.8 Å². The van der Waals surface area contributed by atoms with Gasteiger partial charge in [0.15, 0.2) is 5.76 Å². The highest BCUT2D eigenvalue weighted by molar-refractivity contribution is 9.10. The van der Waals surface area contributed by atoms with Crippen molar-refractivity contribution in [2.24, 2.45) is 0 Å². The molecular formula is C14H16BrNO3. The number of benzene rings is 1. The average Bonchev–Trinajstić information content (AvgIpc) is 2.73. The lowest BCUT2D eigenvalue weighted by Crippen LogP contribution is -2.37. The van der Waals surface area contributed by atoms with Gasteiger partial charge in [-0.05, 0) is 31.5 Å². The van der Waals surface area contributed by atoms with Gasteiger partial charge in [0.2, 0.25) is 0 Å². The number of fused-ring (bicyclic) bond motifs is 1. The molecule has 1 amide bonds. The highest BCUT2D eigenvalue weighted by Gasteiger charge is 2.19. The first kappa shape index (κ1) is 14.1. The van der Waals surface area contributed by atoms with Crippen LogP contribution in [0.5, 0.6) is 0 Å². The number of aliphatic hydroxyl groups excluding tert-OH is 1. The summed E-state index contributed by atoms with van der Waals surface area (Å²) in [5.74, 6) is 0.0192. The number of aryl methyl sites for hydroxylation is 1. The van der Waals surface area contributed by atoms with E-state index >= 15 is 0 Å². The molecule has 5 heteroatoms. The Labute approximate surface area is 119 Å². The Bertz CT molecular complexity index is 602. The lowest BCUT2D eigenvalue weighted by Gasteiger charge is -2.12. The smallest absolute Gasteiger partial charge is 0.287 e. The van der Waals surface area contributed by atoms with Crippen molar-refractivity contribution in [1.29, 1.82) is 0 Å². The van der Waals surface area contributed by atoms with Gasteiger partial charge < -0.3 is 14.8 Å². The zero-order valence-corrected chi connectivity index (χ0v) is 12.5. The number of amides is 1. The number of hydrogen-bond acceptors (Lipinski definition) is 3. The summed E-state index contributed by atoms with van der Waals surface area (Å²) in [5.41, 5.74) is 1.49. The molecule has 0 aliphatic rings. The molecule has 102 valence electrons. The maximum atomic E-state index is 12.1. The van der Waals surface area contributed by atoms with E-state index in [2.05, 4.69) is 21.2 Å². The lowest BCUT2D eigenvalue weighted by atomic mass is 10.1. The molecule has 1 atom stereocenters. The molecule has 2 aromatic rings. The van der Waals surface area contributed by atoms with Gasteiger partial charge in [0.25, 0.3) is 5.91 Å². The first-order valence-corrected chi connectivity index (χ1v) is 6.96. The number of aliphatic hydroxyl groups is 1. The molecule has 0 saturated carbocycles. The Morgan fingerprint density at radius 2 is 2.26 bits per heavy atom. The van der Waals surface area contributed by atoms with Crippen LogP contribution in [0.15, 0.2) is 27.1 Å². The normalized spacial score (nSPS) is 12.6. The first-order valence-electron chi connectivity index (χ1n) is 6.17. The number of halogens is 1. The Morgan fingerprint density at radius 1 is 1.53 bits per heavy atom. The van der Waals surface area contributed by atoms with Gasteiger partial charge in [0, 0.05) is 15.4 Å². The zero-order chi connectivity index (χ0) is 14.0. The second-order valence-corrected chi connectivity index (χ2v) is 5.37. The number of rotatable bonds is 4. The van der Waals surface area contributed by atoms with Gasteiger partial charge in [-0.25, -0.2) is 0 Å². The van der Waals surface area contributed by atoms with Crippen molar-refractivity contribution in [3.63, 3.8) is 0 Å². The molecule has 2 rings (SSSR count). The average molecular weight is 326 g/mol. The van der Waals surface area contributed by atoms with Crippen molar-refractivity contribution >= 4 is 32.8 Å². The van der Waals surface area contributed by atoms with Crippen molar-refractivity contribution in [1.82, 2.24) is 5.32 Å². The van der Waals surface area contributed by atoms with Crippen LogP contribution in [0, 0.1) is 6.92 Å². The minimum atomic E-state index is -0.286. The Kier molecular flexibility index (Phi) is 4.27. The van der Waals surface area contributed by atoms with Crippen molar-refractivity contribution in [3.05, 3.63) is 34.0 Å². The van der Waals surface area contributed by atoms with E-state index in [1.54, 1.807) is 0 Å². The van der Waals surface area contributed by atoms with Gasteiger partial charge in [-0.1, -0.05) is 22.9 Å². The monoisotopic (exact) mass is 325 g/mol. The molecular weight excluding hydrogens is 310 g/mol. The summed E-state index contributed by atoms with van der Waals surface area (Å²) in [6.45, 7) is 3.68. The zero-order valence-electron chi connectivity index (χ0n) is 10.9. The second-order valence-electron chi connectivity index (χ2n) is 4.46. The highest BCUT2D eigenvalue weighted by atomic mass is 79.9. The van der Waals surface area contributed by atoms with Gasteiger partial charge >= 0.3 is 0 Å². The van der Waals surface area contributed by atoms with Crippen molar-refractivity contribution in [2.75, 3.05) is 6.61 Å². The molecule has 1 heterocycles. The topological polar surface area (TPSA) is 62.5 Å². The number of carbonyl (C=O) groups excluding carboxylic acids is 1. The number of hydrogen-bond donors (Lipinski definition) is 2. The van der Waals surface area contributed by atoms with Crippen LogP contribution in [-0.4, -0.2) is 23.7 Å². The molecule has 0 bridgehead atoms. The fourth-order valence-electron chi connectivity index (χ4n) is 1.94. The summed E-state index contributed by atoms with van der Waals surface area (Å²) in [6, 6.07) is 5.38. The fourth-order valence-corrected chi connectivity index (χ4v) is 2.30. The van der Waals surface area contributed by atoms with Crippen LogP contribution < -0.4 is 5.32 Å². The van der Waals surface area contributed by atoms with Crippen molar-refractivity contribution < 1.29 is 14.3 Å². The van der Waals surface area contributed by atoms with Gasteiger partial charge in [0.05, 0.1) is 12.6 Å². The lowest BCUT2D eigenvalue weighted by molar-refractivity contribution is 0.0888. The molecule has 1 aromatic heterocycles. The minimum Gasteiger partial charge on any atom is -0.451 e. The molecule has 19 heavy (non-hydrogen) atoms. The van der Waals surface area contributed by atoms with E-state index in [-0.39, 0.29) is 18.6 Å². The number of carbonyl (C=O) groups is 1. The predicted octanol–water partition coefficient (Wildman–Crippen LogP) is 3.00. The van der Waals surface area contributed by atoms with Gasteiger partial charge in [0.1, 0.15) is 5.58 Å². The van der Waals surface area contributed by atoms with Crippen LogP contribution in [-0.2, 0) is 0 Å². The number of nitrogens with one attached hydrogen (secondary N) is 1. The molecule has 0 saturated heterocycles. The van der Waals surface area contributed by atoms with Gasteiger partial charge in [-0.15, -0.1) is 0 Å². The summed E-state index contributed by atoms with van der Waals surface area (Å²) < 4.78 is 6.53. The molecule has 0 aliphatic carbocycles. The van der Waals surface area contributed by atoms with E-state index in [1.165, 1.54) is 0 Å². The minimum absolute atomic E-state index is 0.0763. The maximum absolute atomic E-state index is 12.1. The van der Waals surface area contributed by atoms with Crippen molar-refractivity contribution in [3.8, 4) is 0 Å². The van der Waals surface area contributed by atoms with Gasteiger partial charge in [-0.2, -0.15) is 0 Å². The molecule has 0 radical (unpaired) electrons. The summed E-state index contributed by atoms with van der Waals surface area (Å²) in [4.78, 5) is 12.1. The summed E-state index contributed by atoms with van der Waals surface area (Å²) in [7, 11) is 0. The Hall–Kier alpha value is -1.33. The van der Waals surface area contributed by atoms with E-state index < -0.39 is 0 Å². The fraction of sp³-hybridized carbons (Fsp3) is 0.357. The molecule has 0 aliphatic heterocycles. The molecule has 0 fully saturated rings. The summed E-state index contributed by atoms with van der Waals surface area (Å²) in [6.07, 6.45) is 0.674. The summed E-state index contributed by atoms with van der Waals surface area (Å²) >= 11 is 3.40. The number of furan rings is 1. The molecule has 4 nitrogen and oxygen atoms in total. The van der Waals surface area contributed by atoms with E-state index in [0.717, 1.165) is 15.4 Å². The van der Waals surface area contributed by atoms with Crippen LogP contribution in [0.25, 0.3) is 11.0 Å². The van der Waals surface area contributed by atoms with E-state index in [1.807, 2.05) is 32.0 Å².